The van der Waals surface area contributed by atoms with Crippen LogP contribution in [0.15, 0.2) is 42.5 Å². The highest BCUT2D eigenvalue weighted by Gasteiger charge is 2.18. The molecule has 0 N–H and O–H groups in total. The van der Waals surface area contributed by atoms with Crippen molar-refractivity contribution < 1.29 is 9.36 Å². The molecule has 1 atom stereocenters. The van der Waals surface area contributed by atoms with E-state index < -0.39 is 7.80 Å². The van der Waals surface area contributed by atoms with Crippen molar-refractivity contribution in [1.82, 2.24) is 0 Å². The molecule has 22 heavy (non-hydrogen) atoms. The number of aryl methyl sites for hydroxylation is 4. The number of carbonyl (C=O) groups is 1. The molecule has 2 aromatic rings. The van der Waals surface area contributed by atoms with Crippen molar-refractivity contribution in [3.63, 3.8) is 0 Å². The van der Waals surface area contributed by atoms with Crippen LogP contribution in [0.3, 0.4) is 0 Å². The Bertz CT molecular complexity index is 667. The first kappa shape index (κ1) is 16.7. The molecule has 0 saturated heterocycles. The molecule has 0 aliphatic heterocycles. The Kier molecular flexibility index (Phi) is 5.74. The molecule has 116 valence electrons. The van der Waals surface area contributed by atoms with Gasteiger partial charge in [-0.15, -0.1) is 0 Å². The quantitative estimate of drug-likeness (QED) is 0.707. The van der Waals surface area contributed by atoms with E-state index in [2.05, 4.69) is 12.1 Å². The van der Waals surface area contributed by atoms with Crippen molar-refractivity contribution >= 4 is 13.3 Å². The molecule has 0 bridgehead atoms. The Labute approximate surface area is 133 Å². The highest BCUT2D eigenvalue weighted by Crippen LogP contribution is 2.31. The van der Waals surface area contributed by atoms with E-state index in [1.807, 2.05) is 51.1 Å². The zero-order valence-electron chi connectivity index (χ0n) is 13.5. The minimum absolute atomic E-state index is 0.159. The number of hydrogen-bond donors (Lipinski definition) is 0. The van der Waals surface area contributed by atoms with Gasteiger partial charge >= 0.3 is 0 Å². The molecule has 2 nitrogen and oxygen atoms in total. The molecule has 0 aliphatic carbocycles. The van der Waals surface area contributed by atoms with Gasteiger partial charge in [-0.3, -0.25) is 4.79 Å². The third kappa shape index (κ3) is 4.18. The molecular weight excluding hydrogens is 291 g/mol. The third-order valence-corrected chi connectivity index (χ3v) is 5.43. The van der Waals surface area contributed by atoms with E-state index in [0.29, 0.717) is 11.7 Å². The van der Waals surface area contributed by atoms with Crippen LogP contribution in [0.2, 0.25) is 0 Å². The van der Waals surface area contributed by atoms with Crippen LogP contribution < -0.4 is 0 Å². The minimum Gasteiger partial charge on any atom is -0.318 e. The molecular formula is C19H23O2P. The lowest BCUT2D eigenvalue weighted by Crippen LogP contribution is -2.03. The van der Waals surface area contributed by atoms with Gasteiger partial charge in [-0.25, -0.2) is 0 Å². The first-order valence-electron chi connectivity index (χ1n) is 7.68. The number of benzene rings is 2. The lowest BCUT2D eigenvalue weighted by molar-refractivity contribution is 0.107. The maximum Gasteiger partial charge on any atom is 0.219 e. The fraction of sp³-hybridized carbons (Fsp3) is 0.316. The van der Waals surface area contributed by atoms with Gasteiger partial charge in [0.2, 0.25) is 5.52 Å². The largest absolute Gasteiger partial charge is 0.318 e. The van der Waals surface area contributed by atoms with Crippen LogP contribution in [0.5, 0.6) is 0 Å². The number of carbonyl (C=O) groups excluding carboxylic acids is 1. The van der Waals surface area contributed by atoms with Crippen LogP contribution in [0.25, 0.3) is 0 Å². The van der Waals surface area contributed by atoms with Crippen LogP contribution >= 0.6 is 7.80 Å². The third-order valence-electron chi connectivity index (χ3n) is 3.87. The molecule has 3 heteroatoms. The van der Waals surface area contributed by atoms with E-state index in [1.54, 1.807) is 0 Å². The monoisotopic (exact) mass is 314 g/mol. The van der Waals surface area contributed by atoms with E-state index in [9.17, 15) is 9.36 Å². The lowest BCUT2D eigenvalue weighted by Gasteiger charge is -2.10. The molecule has 2 rings (SSSR count). The minimum atomic E-state index is -2.24. The fourth-order valence-electron chi connectivity index (χ4n) is 2.89. The van der Waals surface area contributed by atoms with E-state index >= 15 is 0 Å². The van der Waals surface area contributed by atoms with Crippen LogP contribution in [0.4, 0.5) is 0 Å². The average Bonchev–Trinajstić information content (AvgIpc) is 2.47. The highest BCUT2D eigenvalue weighted by molar-refractivity contribution is 7.64. The highest BCUT2D eigenvalue weighted by atomic mass is 31.1. The number of hydrogen-bond acceptors (Lipinski definition) is 2. The summed E-state index contributed by atoms with van der Waals surface area (Å²) < 4.78 is 12.4. The lowest BCUT2D eigenvalue weighted by atomic mass is 10.0. The van der Waals surface area contributed by atoms with Gasteiger partial charge < -0.3 is 4.57 Å². The van der Waals surface area contributed by atoms with Crippen molar-refractivity contribution in [2.24, 2.45) is 0 Å². The van der Waals surface area contributed by atoms with Crippen molar-refractivity contribution in [1.29, 1.82) is 0 Å². The summed E-state index contributed by atoms with van der Waals surface area (Å²) in [5.74, 6) is 0. The van der Waals surface area contributed by atoms with Crippen LogP contribution in [0.1, 0.15) is 39.0 Å². The predicted molar refractivity (Wildman–Crippen MR) is 93.6 cm³/mol. The molecule has 0 heterocycles. The van der Waals surface area contributed by atoms with Gasteiger partial charge in [-0.2, -0.15) is 0 Å². The Hall–Kier alpha value is -1.66. The summed E-state index contributed by atoms with van der Waals surface area (Å²) in [6.45, 7) is 5.86. The second-order valence-corrected chi connectivity index (χ2v) is 7.67. The number of rotatable bonds is 6. The molecule has 2 aromatic carbocycles. The van der Waals surface area contributed by atoms with Gasteiger partial charge in [0.15, 0.2) is 0 Å². The summed E-state index contributed by atoms with van der Waals surface area (Å²) in [5, 5.41) is 0. The van der Waals surface area contributed by atoms with Gasteiger partial charge in [0.1, 0.15) is 7.80 Å². The van der Waals surface area contributed by atoms with Crippen LogP contribution in [0, 0.1) is 20.8 Å². The first-order chi connectivity index (χ1) is 10.5. The first-order valence-corrected chi connectivity index (χ1v) is 9.30. The van der Waals surface area contributed by atoms with E-state index in [1.165, 1.54) is 5.56 Å². The maximum absolute atomic E-state index is 12.5. The smallest absolute Gasteiger partial charge is 0.219 e. The standard InChI is InChI=1S/C19H23O2P/c1-14-12-15(2)18(16(3)13-14)19(20)22(21)11-7-10-17-8-5-4-6-9-17/h4-6,8-9,12-13,22H,7,10-11H2,1-3H3. The van der Waals surface area contributed by atoms with E-state index in [-0.39, 0.29) is 5.52 Å². The summed E-state index contributed by atoms with van der Waals surface area (Å²) >= 11 is 0. The normalized spacial score (nSPS) is 12.1. The van der Waals surface area contributed by atoms with Gasteiger partial charge in [-0.1, -0.05) is 48.0 Å². The van der Waals surface area contributed by atoms with Crippen LogP contribution in [-0.2, 0) is 11.0 Å². The van der Waals surface area contributed by atoms with E-state index in [4.69, 9.17) is 0 Å². The second kappa shape index (κ2) is 7.56. The van der Waals surface area contributed by atoms with Crippen molar-refractivity contribution in [3.05, 3.63) is 70.3 Å². The van der Waals surface area contributed by atoms with Gasteiger partial charge in [0.25, 0.3) is 0 Å². The van der Waals surface area contributed by atoms with Gasteiger partial charge in [-0.05, 0) is 50.3 Å². The summed E-state index contributed by atoms with van der Waals surface area (Å²) in [4.78, 5) is 12.5. The van der Waals surface area contributed by atoms with Crippen molar-refractivity contribution in [2.45, 2.75) is 33.6 Å². The van der Waals surface area contributed by atoms with Gasteiger partial charge in [0.05, 0.1) is 0 Å². The molecule has 0 fully saturated rings. The van der Waals surface area contributed by atoms with Crippen LogP contribution in [-0.4, -0.2) is 11.7 Å². The fourth-order valence-corrected chi connectivity index (χ4v) is 4.29. The summed E-state index contributed by atoms with van der Waals surface area (Å²) in [6.07, 6.45) is 2.15. The molecule has 0 amide bonds. The maximum atomic E-state index is 12.5. The molecule has 0 aromatic heterocycles. The summed E-state index contributed by atoms with van der Waals surface area (Å²) in [6, 6.07) is 14.1. The predicted octanol–water partition coefficient (Wildman–Crippen LogP) is 4.94. The van der Waals surface area contributed by atoms with E-state index in [0.717, 1.165) is 29.5 Å². The summed E-state index contributed by atoms with van der Waals surface area (Å²) in [5.41, 5.74) is 4.73. The summed E-state index contributed by atoms with van der Waals surface area (Å²) in [7, 11) is -2.24. The van der Waals surface area contributed by atoms with Crippen molar-refractivity contribution in [3.8, 4) is 0 Å². The molecule has 1 unspecified atom stereocenters. The second-order valence-electron chi connectivity index (χ2n) is 5.87. The van der Waals surface area contributed by atoms with Gasteiger partial charge in [0, 0.05) is 11.7 Å². The van der Waals surface area contributed by atoms with Crippen molar-refractivity contribution in [2.75, 3.05) is 6.16 Å². The Morgan fingerprint density at radius 2 is 1.59 bits per heavy atom. The molecule has 0 radical (unpaired) electrons. The Morgan fingerprint density at radius 3 is 2.18 bits per heavy atom. The molecule has 0 saturated carbocycles. The topological polar surface area (TPSA) is 34.1 Å². The SMILES string of the molecule is Cc1cc(C)c(C(=O)[PH](=O)CCCc2ccccc2)c(C)c1. The Balaban J connectivity index is 2.00. The zero-order chi connectivity index (χ0) is 16.1. The molecule has 0 spiro atoms. The average molecular weight is 314 g/mol. The molecule has 0 aliphatic rings. The zero-order valence-corrected chi connectivity index (χ0v) is 14.5. The Morgan fingerprint density at radius 1 is 1.00 bits per heavy atom.